The van der Waals surface area contributed by atoms with Gasteiger partial charge in [0.25, 0.3) is 0 Å². The minimum atomic E-state index is 0.305. The van der Waals surface area contributed by atoms with E-state index in [1.54, 1.807) is 7.11 Å². The van der Waals surface area contributed by atoms with E-state index in [1.807, 2.05) is 0 Å². The van der Waals surface area contributed by atoms with E-state index in [1.165, 1.54) is 12.8 Å². The van der Waals surface area contributed by atoms with Crippen LogP contribution in [-0.2, 0) is 4.74 Å². The van der Waals surface area contributed by atoms with Crippen molar-refractivity contribution in [1.82, 2.24) is 4.90 Å². The summed E-state index contributed by atoms with van der Waals surface area (Å²) < 4.78 is 5.10. The molecule has 0 N–H and O–H groups in total. The molecule has 0 saturated heterocycles. The fourth-order valence-electron chi connectivity index (χ4n) is 1.64. The van der Waals surface area contributed by atoms with Gasteiger partial charge in [-0.25, -0.2) is 0 Å². The molecule has 0 aliphatic heterocycles. The van der Waals surface area contributed by atoms with Crippen molar-refractivity contribution in [3.8, 4) is 0 Å². The van der Waals surface area contributed by atoms with Gasteiger partial charge in [0.1, 0.15) is 0 Å². The van der Waals surface area contributed by atoms with E-state index >= 15 is 0 Å². The van der Waals surface area contributed by atoms with E-state index in [2.05, 4.69) is 25.7 Å². The number of rotatable bonds is 4. The van der Waals surface area contributed by atoms with Gasteiger partial charge in [-0.15, -0.1) is 0 Å². The third-order valence-corrected chi connectivity index (χ3v) is 2.39. The highest BCUT2D eigenvalue weighted by molar-refractivity contribution is 4.91. The predicted molar refractivity (Wildman–Crippen MR) is 51.4 cm³/mol. The first-order valence-electron chi connectivity index (χ1n) is 4.81. The molecule has 0 bridgehead atoms. The summed E-state index contributed by atoms with van der Waals surface area (Å²) in [5.41, 5.74) is 0.305. The molecule has 0 radical (unpaired) electrons. The molecule has 72 valence electrons. The third kappa shape index (κ3) is 2.76. The molecular formula is C10H21NO. The molecule has 2 nitrogen and oxygen atoms in total. The van der Waals surface area contributed by atoms with Gasteiger partial charge in [-0.3, -0.25) is 4.90 Å². The normalized spacial score (nSPS) is 18.8. The second kappa shape index (κ2) is 3.75. The largest absolute Gasteiger partial charge is 0.383 e. The van der Waals surface area contributed by atoms with Gasteiger partial charge < -0.3 is 4.74 Å². The van der Waals surface area contributed by atoms with E-state index in [0.29, 0.717) is 5.54 Å². The van der Waals surface area contributed by atoms with Gasteiger partial charge in [0.15, 0.2) is 0 Å². The fraction of sp³-hybridized carbons (Fsp3) is 1.00. The third-order valence-electron chi connectivity index (χ3n) is 2.39. The molecular weight excluding hydrogens is 150 g/mol. The maximum atomic E-state index is 5.10. The maximum absolute atomic E-state index is 5.10. The lowest BCUT2D eigenvalue weighted by molar-refractivity contribution is 0.0803. The number of hydrogen-bond acceptors (Lipinski definition) is 2. The zero-order chi connectivity index (χ0) is 9.19. The monoisotopic (exact) mass is 171 g/mol. The summed E-state index contributed by atoms with van der Waals surface area (Å²) in [6.07, 6.45) is 2.75. The molecule has 1 aliphatic rings. The first kappa shape index (κ1) is 10.0. The Morgan fingerprint density at radius 1 is 1.33 bits per heavy atom. The Morgan fingerprint density at radius 3 is 2.25 bits per heavy atom. The Balaban J connectivity index is 2.38. The molecule has 0 aromatic rings. The second-order valence-electron chi connectivity index (χ2n) is 4.59. The molecule has 0 amide bonds. The van der Waals surface area contributed by atoms with Crippen LogP contribution in [0.25, 0.3) is 0 Å². The zero-order valence-corrected chi connectivity index (χ0v) is 8.76. The van der Waals surface area contributed by atoms with Crippen LogP contribution in [0.4, 0.5) is 0 Å². The minimum absolute atomic E-state index is 0.305. The summed E-state index contributed by atoms with van der Waals surface area (Å²) in [4.78, 5) is 2.55. The summed E-state index contributed by atoms with van der Waals surface area (Å²) in [6.45, 7) is 8.77. The van der Waals surface area contributed by atoms with Gasteiger partial charge in [-0.05, 0) is 33.6 Å². The highest BCUT2D eigenvalue weighted by atomic mass is 16.5. The molecule has 1 aliphatic carbocycles. The topological polar surface area (TPSA) is 12.5 Å². The van der Waals surface area contributed by atoms with Crippen LogP contribution in [-0.4, -0.2) is 36.7 Å². The Morgan fingerprint density at radius 2 is 1.92 bits per heavy atom. The Bertz CT molecular complexity index is 135. The van der Waals surface area contributed by atoms with Gasteiger partial charge in [0.2, 0.25) is 0 Å². The number of methoxy groups -OCH3 is 1. The molecule has 0 aromatic heterocycles. The second-order valence-corrected chi connectivity index (χ2v) is 4.59. The highest BCUT2D eigenvalue weighted by Crippen LogP contribution is 2.32. The van der Waals surface area contributed by atoms with Crippen molar-refractivity contribution < 1.29 is 4.74 Å². The van der Waals surface area contributed by atoms with E-state index in [9.17, 15) is 0 Å². The summed E-state index contributed by atoms with van der Waals surface area (Å²) in [5.74, 6) is 0. The summed E-state index contributed by atoms with van der Waals surface area (Å²) >= 11 is 0. The Kier molecular flexibility index (Phi) is 3.13. The van der Waals surface area contributed by atoms with Gasteiger partial charge in [-0.1, -0.05) is 0 Å². The van der Waals surface area contributed by atoms with Crippen molar-refractivity contribution in [2.24, 2.45) is 0 Å². The van der Waals surface area contributed by atoms with Crippen molar-refractivity contribution in [1.29, 1.82) is 0 Å². The van der Waals surface area contributed by atoms with Crippen LogP contribution in [0.15, 0.2) is 0 Å². The van der Waals surface area contributed by atoms with Crippen LogP contribution in [0.5, 0.6) is 0 Å². The molecule has 0 unspecified atom stereocenters. The van der Waals surface area contributed by atoms with E-state index in [0.717, 1.165) is 19.2 Å². The van der Waals surface area contributed by atoms with Crippen LogP contribution < -0.4 is 0 Å². The molecule has 1 fully saturated rings. The Labute approximate surface area is 75.9 Å². The predicted octanol–water partition coefficient (Wildman–Crippen LogP) is 1.90. The number of nitrogens with zero attached hydrogens (tertiary/aromatic N) is 1. The molecule has 0 atom stereocenters. The van der Waals surface area contributed by atoms with Crippen LogP contribution in [0.3, 0.4) is 0 Å². The van der Waals surface area contributed by atoms with E-state index in [4.69, 9.17) is 4.74 Å². The molecule has 0 aromatic carbocycles. The van der Waals surface area contributed by atoms with Crippen LogP contribution in [0.1, 0.15) is 33.6 Å². The molecule has 0 heterocycles. The average Bonchev–Trinajstić information content (AvgIpc) is 2.69. The summed E-state index contributed by atoms with van der Waals surface area (Å²) in [7, 11) is 1.77. The van der Waals surface area contributed by atoms with E-state index in [-0.39, 0.29) is 0 Å². The van der Waals surface area contributed by atoms with Crippen molar-refractivity contribution in [2.45, 2.75) is 45.2 Å². The number of hydrogen-bond donors (Lipinski definition) is 0. The lowest BCUT2D eigenvalue weighted by Gasteiger charge is -2.35. The molecule has 0 spiro atoms. The van der Waals surface area contributed by atoms with Gasteiger partial charge in [-0.2, -0.15) is 0 Å². The summed E-state index contributed by atoms with van der Waals surface area (Å²) in [6, 6.07) is 0.833. The highest BCUT2D eigenvalue weighted by Gasteiger charge is 2.35. The Hall–Kier alpha value is -0.0800. The fourth-order valence-corrected chi connectivity index (χ4v) is 1.64. The van der Waals surface area contributed by atoms with Crippen molar-refractivity contribution in [3.63, 3.8) is 0 Å². The summed E-state index contributed by atoms with van der Waals surface area (Å²) in [5, 5.41) is 0. The van der Waals surface area contributed by atoms with Crippen LogP contribution >= 0.6 is 0 Å². The SMILES string of the molecule is COCCN(C1CC1)C(C)(C)C. The molecule has 1 saturated carbocycles. The molecule has 1 rings (SSSR count). The lowest BCUT2D eigenvalue weighted by Crippen LogP contribution is -2.44. The average molecular weight is 171 g/mol. The van der Waals surface area contributed by atoms with Crippen molar-refractivity contribution in [3.05, 3.63) is 0 Å². The van der Waals surface area contributed by atoms with E-state index < -0.39 is 0 Å². The lowest BCUT2D eigenvalue weighted by atomic mass is 10.1. The van der Waals surface area contributed by atoms with Crippen LogP contribution in [0.2, 0.25) is 0 Å². The number of ether oxygens (including phenoxy) is 1. The quantitative estimate of drug-likeness (QED) is 0.640. The van der Waals surface area contributed by atoms with Crippen LogP contribution in [0, 0.1) is 0 Å². The standard InChI is InChI=1S/C10H21NO/c1-10(2,3)11(7-8-12-4)9-5-6-9/h9H,5-8H2,1-4H3. The van der Waals surface area contributed by atoms with Crippen molar-refractivity contribution in [2.75, 3.05) is 20.3 Å². The van der Waals surface area contributed by atoms with Gasteiger partial charge >= 0.3 is 0 Å². The first-order valence-corrected chi connectivity index (χ1v) is 4.81. The first-order chi connectivity index (χ1) is 5.55. The minimum Gasteiger partial charge on any atom is -0.383 e. The smallest absolute Gasteiger partial charge is 0.0589 e. The van der Waals surface area contributed by atoms with Gasteiger partial charge in [0, 0.05) is 25.2 Å². The zero-order valence-electron chi connectivity index (χ0n) is 8.76. The molecule has 2 heteroatoms. The molecule has 12 heavy (non-hydrogen) atoms. The van der Waals surface area contributed by atoms with Crippen molar-refractivity contribution >= 4 is 0 Å². The maximum Gasteiger partial charge on any atom is 0.0589 e. The van der Waals surface area contributed by atoms with Gasteiger partial charge in [0.05, 0.1) is 6.61 Å².